The van der Waals surface area contributed by atoms with Gasteiger partial charge in [-0.3, -0.25) is 0 Å². The lowest BCUT2D eigenvalue weighted by Gasteiger charge is -2.21. The number of halogens is 3. The van der Waals surface area contributed by atoms with E-state index >= 15 is 0 Å². The summed E-state index contributed by atoms with van der Waals surface area (Å²) in [4.78, 5) is 36.5. The maximum Gasteiger partial charge on any atom is 0.340 e. The van der Waals surface area contributed by atoms with Gasteiger partial charge < -0.3 is 49.9 Å². The van der Waals surface area contributed by atoms with Crippen molar-refractivity contribution in [2.45, 2.75) is 52.7 Å². The van der Waals surface area contributed by atoms with Crippen LogP contribution in [0.15, 0.2) is 164 Å². The first kappa shape index (κ1) is 54.9. The summed E-state index contributed by atoms with van der Waals surface area (Å²) in [6, 6.07) is 49.3. The third-order valence-corrected chi connectivity index (χ3v) is 12.0. The number of ether oxygens (including phenoxy) is 6. The topological polar surface area (TPSA) is 177 Å². The van der Waals surface area contributed by atoms with E-state index in [4.69, 9.17) is 69.0 Å². The molecule has 8 aromatic carbocycles. The van der Waals surface area contributed by atoms with Crippen LogP contribution in [0.3, 0.4) is 0 Å². The van der Waals surface area contributed by atoms with Gasteiger partial charge in [-0.15, -0.1) is 0 Å². The summed E-state index contributed by atoms with van der Waals surface area (Å²) in [6.07, 6.45) is 0. The lowest BCUT2D eigenvalue weighted by atomic mass is 10.0. The summed E-state index contributed by atoms with van der Waals surface area (Å²) >= 11 is 18.2. The van der Waals surface area contributed by atoms with E-state index in [1.807, 2.05) is 151 Å². The van der Waals surface area contributed by atoms with Crippen LogP contribution in [0.2, 0.25) is 15.1 Å². The van der Waals surface area contributed by atoms with Crippen LogP contribution in [-0.2, 0) is 9.47 Å². The molecule has 0 aliphatic carbocycles. The molecule has 2 aliphatic rings. The number of rotatable bonds is 10. The highest BCUT2D eigenvalue weighted by Gasteiger charge is 2.23. The van der Waals surface area contributed by atoms with Gasteiger partial charge in [0.2, 0.25) is 13.6 Å². The number of benzene rings is 8. The molecule has 10 rings (SSSR count). The van der Waals surface area contributed by atoms with Crippen molar-refractivity contribution >= 4 is 81.1 Å². The number of hydrogen-bond donors (Lipinski definition) is 4. The molecule has 0 spiro atoms. The Hall–Kier alpha value is -8.36. The van der Waals surface area contributed by atoms with E-state index < -0.39 is 29.1 Å². The van der Waals surface area contributed by atoms with Crippen molar-refractivity contribution in [3.05, 3.63) is 196 Å². The number of nitrogens with two attached hydrogens (primary N) is 1. The largest absolute Gasteiger partial charge is 0.478 e. The van der Waals surface area contributed by atoms with E-state index in [0.29, 0.717) is 71.9 Å². The number of carbonyl (C=O) groups excluding carboxylic acids is 2. The number of carboxylic acids is 1. The fourth-order valence-corrected chi connectivity index (χ4v) is 8.45. The molecule has 0 bridgehead atoms. The number of carboxylic acid groups (broad SMARTS) is 1. The predicted molar refractivity (Wildman–Crippen MR) is 304 cm³/mol. The smallest absolute Gasteiger partial charge is 0.340 e. The number of anilines is 5. The van der Waals surface area contributed by atoms with E-state index in [2.05, 4.69) is 10.6 Å². The van der Waals surface area contributed by atoms with E-state index in [0.717, 1.165) is 39.1 Å². The predicted octanol–water partition coefficient (Wildman–Crippen LogP) is 16.2. The lowest BCUT2D eigenvalue weighted by molar-refractivity contribution is 0.00581. The van der Waals surface area contributed by atoms with Gasteiger partial charge in [-0.05, 0) is 172 Å². The van der Waals surface area contributed by atoms with E-state index in [-0.39, 0.29) is 19.1 Å². The zero-order valence-corrected chi connectivity index (χ0v) is 45.1. The third-order valence-electron chi connectivity index (χ3n) is 11.3. The molecule has 0 amide bonds. The molecule has 0 radical (unpaired) electrons. The molecule has 5 N–H and O–H groups in total. The summed E-state index contributed by atoms with van der Waals surface area (Å²) in [5.74, 6) is 0.817. The molecule has 0 saturated carbocycles. The first-order valence-corrected chi connectivity index (χ1v) is 25.3. The number of esters is 2. The Labute approximate surface area is 461 Å². The summed E-state index contributed by atoms with van der Waals surface area (Å²) in [5.41, 5.74) is 14.3. The quantitative estimate of drug-likeness (QED) is 0.0752. The average molecular weight is 1100 g/mol. The fraction of sp³-hybridized carbons (Fsp3) is 0.164. The number of nitrogen functional groups attached to an aromatic ring is 1. The first-order chi connectivity index (χ1) is 36.6. The van der Waals surface area contributed by atoms with Crippen LogP contribution < -0.4 is 35.3 Å². The molecule has 16 heteroatoms. The Kier molecular flexibility index (Phi) is 16.9. The molecule has 13 nitrogen and oxygen atoms in total. The molecular formula is C61H54Cl3N3O10. The van der Waals surface area contributed by atoms with Gasteiger partial charge >= 0.3 is 17.9 Å². The third kappa shape index (κ3) is 14.7. The Bertz CT molecular complexity index is 3500. The van der Waals surface area contributed by atoms with Crippen LogP contribution in [0.25, 0.3) is 33.4 Å². The van der Waals surface area contributed by atoms with Crippen LogP contribution >= 0.6 is 34.8 Å². The number of aromatic carboxylic acids is 1. The highest BCUT2D eigenvalue weighted by atomic mass is 35.5. The van der Waals surface area contributed by atoms with E-state index in [1.165, 1.54) is 0 Å². The average Bonchev–Trinajstić information content (AvgIpc) is 4.05. The molecule has 8 aromatic rings. The Morgan fingerprint density at radius 3 is 1.22 bits per heavy atom. The van der Waals surface area contributed by atoms with Gasteiger partial charge in [0, 0.05) is 44.3 Å². The van der Waals surface area contributed by atoms with Crippen molar-refractivity contribution in [2.75, 3.05) is 30.0 Å². The molecule has 77 heavy (non-hydrogen) atoms. The highest BCUT2D eigenvalue weighted by molar-refractivity contribution is 6.31. The van der Waals surface area contributed by atoms with Crippen molar-refractivity contribution in [3.63, 3.8) is 0 Å². The minimum absolute atomic E-state index is 0.174. The Morgan fingerprint density at radius 2 is 0.818 bits per heavy atom. The van der Waals surface area contributed by atoms with Gasteiger partial charge in [-0.25, -0.2) is 14.4 Å². The second kappa shape index (κ2) is 23.7. The summed E-state index contributed by atoms with van der Waals surface area (Å²) in [6.45, 7) is 11.4. The van der Waals surface area contributed by atoms with Crippen molar-refractivity contribution in [2.24, 2.45) is 0 Å². The first-order valence-electron chi connectivity index (χ1n) is 24.1. The minimum Gasteiger partial charge on any atom is -0.478 e. The SMILES string of the molecule is CC(C)(C)OC(=O)c1ccc(-c2cccc(Cl)c2)cc1N.CC(C)(C)OC(=O)c1ccc(-c2cccc(Cl)c2)cc1Nc1ccc2c(c1)OCO2.O=C(O)c1ccc(-c2cccc(Cl)c2)cc1Nc1ccc2c(c1)OCO2. The zero-order valence-electron chi connectivity index (χ0n) is 42.8. The van der Waals surface area contributed by atoms with Crippen molar-refractivity contribution < 1.29 is 47.9 Å². The summed E-state index contributed by atoms with van der Waals surface area (Å²) in [5, 5.41) is 17.9. The van der Waals surface area contributed by atoms with Crippen molar-refractivity contribution in [1.82, 2.24) is 0 Å². The number of hydrogen-bond acceptors (Lipinski definition) is 12. The van der Waals surface area contributed by atoms with Crippen molar-refractivity contribution in [3.8, 4) is 56.4 Å². The normalized spacial score (nSPS) is 12.0. The van der Waals surface area contributed by atoms with Gasteiger partial charge in [-0.1, -0.05) is 89.4 Å². The van der Waals surface area contributed by atoms with E-state index in [9.17, 15) is 19.5 Å². The number of nitrogens with one attached hydrogen (secondary N) is 2. The molecule has 0 fully saturated rings. The molecule has 0 saturated heterocycles. The second-order valence-corrected chi connectivity index (χ2v) is 20.9. The fourth-order valence-electron chi connectivity index (χ4n) is 7.88. The maximum absolute atomic E-state index is 12.8. The summed E-state index contributed by atoms with van der Waals surface area (Å²) in [7, 11) is 0. The Morgan fingerprint density at radius 1 is 0.455 bits per heavy atom. The Balaban J connectivity index is 0.000000155. The van der Waals surface area contributed by atoms with Crippen LogP contribution in [-0.4, -0.2) is 47.8 Å². The molecular weight excluding hydrogens is 1040 g/mol. The van der Waals surface area contributed by atoms with E-state index in [1.54, 1.807) is 54.6 Å². The van der Waals surface area contributed by atoms with Gasteiger partial charge in [-0.2, -0.15) is 0 Å². The van der Waals surface area contributed by atoms with Crippen LogP contribution in [0.4, 0.5) is 28.4 Å². The standard InChI is InChI=1S/C24H22ClNO4.C20H14ClNO4.C17H18ClNO2/c1-24(2,3)30-23(27)19-9-7-16(15-5-4-6-17(25)11-15)12-20(19)26-18-8-10-21-22(13-18)29-14-28-21;21-14-3-1-2-12(8-14)13-4-6-16(20(23)24)17(9-13)22-15-5-7-18-19(10-15)26-11-25-18;1-17(2,3)21-16(20)14-8-7-12(10-15(14)19)11-5-4-6-13(18)9-11/h4-13,26H,14H2,1-3H3;1-10,22H,11H2,(H,23,24);4-10H,19H2,1-3H3. The molecule has 394 valence electrons. The van der Waals surface area contributed by atoms with Gasteiger partial charge in [0.25, 0.3) is 0 Å². The summed E-state index contributed by atoms with van der Waals surface area (Å²) < 4.78 is 32.4. The highest BCUT2D eigenvalue weighted by Crippen LogP contribution is 2.39. The monoisotopic (exact) mass is 1090 g/mol. The minimum atomic E-state index is -1.01. The maximum atomic E-state index is 12.8. The second-order valence-electron chi connectivity index (χ2n) is 19.5. The van der Waals surface area contributed by atoms with Gasteiger partial charge in [0.15, 0.2) is 23.0 Å². The van der Waals surface area contributed by atoms with Crippen LogP contribution in [0.5, 0.6) is 23.0 Å². The van der Waals surface area contributed by atoms with Crippen LogP contribution in [0, 0.1) is 0 Å². The molecule has 2 aliphatic heterocycles. The molecule has 0 unspecified atom stereocenters. The molecule has 0 aromatic heterocycles. The van der Waals surface area contributed by atoms with Crippen LogP contribution in [0.1, 0.15) is 72.6 Å². The number of fused-ring (bicyclic) bond motifs is 2. The van der Waals surface area contributed by atoms with Gasteiger partial charge in [0.05, 0.1) is 28.1 Å². The zero-order chi connectivity index (χ0) is 55.0. The number of carbonyl (C=O) groups is 3. The van der Waals surface area contributed by atoms with Crippen molar-refractivity contribution in [1.29, 1.82) is 0 Å². The van der Waals surface area contributed by atoms with Gasteiger partial charge in [0.1, 0.15) is 11.2 Å². The molecule has 0 atom stereocenters. The lowest BCUT2D eigenvalue weighted by Crippen LogP contribution is -2.24. The molecule has 2 heterocycles.